The highest BCUT2D eigenvalue weighted by atomic mass is 19.1. The fourth-order valence-electron chi connectivity index (χ4n) is 1.41. The largest absolute Gasteiger partial charge is 0.484 e. The number of methoxy groups -OCH3 is 1. The summed E-state index contributed by atoms with van der Waals surface area (Å²) in [5.74, 6) is -1.80. The smallest absolute Gasteiger partial charge is 0.326 e. The molecule has 0 aliphatic carbocycles. The van der Waals surface area contributed by atoms with E-state index in [9.17, 15) is 14.0 Å². The Kier molecular flexibility index (Phi) is 6.45. The van der Waals surface area contributed by atoms with Gasteiger partial charge in [0, 0.05) is 20.1 Å². The molecule has 0 saturated carbocycles. The van der Waals surface area contributed by atoms with Crippen LogP contribution in [0.3, 0.4) is 0 Å². The van der Waals surface area contributed by atoms with Gasteiger partial charge in [-0.2, -0.15) is 0 Å². The molecule has 0 spiro atoms. The first-order chi connectivity index (χ1) is 9.52. The Labute approximate surface area is 115 Å². The number of rotatable bonds is 8. The van der Waals surface area contributed by atoms with Crippen LogP contribution < -0.4 is 10.1 Å². The zero-order valence-corrected chi connectivity index (χ0v) is 11.0. The number of halogens is 1. The lowest BCUT2D eigenvalue weighted by molar-refractivity contribution is -0.142. The normalized spacial score (nSPS) is 11.7. The summed E-state index contributed by atoms with van der Waals surface area (Å²) in [6.07, 6.45) is 0.161. The molecule has 2 N–H and O–H groups in total. The van der Waals surface area contributed by atoms with Gasteiger partial charge in [0.1, 0.15) is 17.6 Å². The van der Waals surface area contributed by atoms with Crippen LogP contribution in [-0.4, -0.2) is 43.3 Å². The van der Waals surface area contributed by atoms with Crippen molar-refractivity contribution in [1.29, 1.82) is 0 Å². The van der Waals surface area contributed by atoms with Crippen molar-refractivity contribution in [1.82, 2.24) is 5.32 Å². The van der Waals surface area contributed by atoms with E-state index >= 15 is 0 Å². The van der Waals surface area contributed by atoms with Gasteiger partial charge < -0.3 is 19.9 Å². The molecule has 110 valence electrons. The molecule has 0 bridgehead atoms. The second-order valence-electron chi connectivity index (χ2n) is 3.98. The number of hydrogen-bond acceptors (Lipinski definition) is 4. The first kappa shape index (κ1) is 15.9. The van der Waals surface area contributed by atoms with Crippen molar-refractivity contribution in [2.45, 2.75) is 12.5 Å². The summed E-state index contributed by atoms with van der Waals surface area (Å²) < 4.78 is 22.5. The second-order valence-corrected chi connectivity index (χ2v) is 3.98. The molecule has 0 saturated heterocycles. The summed E-state index contributed by atoms with van der Waals surface area (Å²) >= 11 is 0. The van der Waals surface area contributed by atoms with E-state index in [0.717, 1.165) is 0 Å². The maximum absolute atomic E-state index is 12.7. The molecule has 6 nitrogen and oxygen atoms in total. The molecular weight excluding hydrogens is 269 g/mol. The van der Waals surface area contributed by atoms with Crippen molar-refractivity contribution in [3.8, 4) is 5.75 Å². The number of carbonyl (C=O) groups excluding carboxylic acids is 1. The quantitative estimate of drug-likeness (QED) is 0.738. The third kappa shape index (κ3) is 5.66. The van der Waals surface area contributed by atoms with Gasteiger partial charge in [0.2, 0.25) is 0 Å². The third-order valence-corrected chi connectivity index (χ3v) is 2.43. The molecular formula is C13H16FNO5. The van der Waals surface area contributed by atoms with Gasteiger partial charge in [0.15, 0.2) is 6.61 Å². The molecule has 0 aliphatic rings. The van der Waals surface area contributed by atoms with Crippen LogP contribution in [0.4, 0.5) is 4.39 Å². The molecule has 0 fully saturated rings. The summed E-state index contributed by atoms with van der Waals surface area (Å²) in [7, 11) is 1.44. The monoisotopic (exact) mass is 285 g/mol. The Hall–Kier alpha value is -2.15. The standard InChI is InChI=1S/C13H16FNO5/c1-19-7-6-11(13(17)18)15-12(16)8-20-10-4-2-9(14)3-5-10/h2-5,11H,6-8H2,1H3,(H,15,16)(H,17,18). The van der Waals surface area contributed by atoms with E-state index in [0.29, 0.717) is 5.75 Å². The number of nitrogens with one attached hydrogen (secondary N) is 1. The van der Waals surface area contributed by atoms with E-state index < -0.39 is 23.7 Å². The molecule has 0 radical (unpaired) electrons. The Balaban J connectivity index is 2.41. The zero-order chi connectivity index (χ0) is 15.0. The zero-order valence-electron chi connectivity index (χ0n) is 11.0. The highest BCUT2D eigenvalue weighted by Crippen LogP contribution is 2.10. The van der Waals surface area contributed by atoms with E-state index in [2.05, 4.69) is 5.32 Å². The first-order valence-electron chi connectivity index (χ1n) is 5.92. The Morgan fingerprint density at radius 3 is 2.55 bits per heavy atom. The first-order valence-corrected chi connectivity index (χ1v) is 5.92. The highest BCUT2D eigenvalue weighted by Gasteiger charge is 2.19. The second kappa shape index (κ2) is 8.11. The molecule has 1 aromatic rings. The maximum atomic E-state index is 12.7. The summed E-state index contributed by atoms with van der Waals surface area (Å²) in [6, 6.07) is 4.13. The molecule has 7 heteroatoms. The van der Waals surface area contributed by atoms with Gasteiger partial charge in [-0.3, -0.25) is 4.79 Å². The predicted octanol–water partition coefficient (Wildman–Crippen LogP) is 0.810. The van der Waals surface area contributed by atoms with E-state index in [1.54, 1.807) is 0 Å². The molecule has 0 heterocycles. The average molecular weight is 285 g/mol. The number of amides is 1. The van der Waals surface area contributed by atoms with Crippen LogP contribution in [0.2, 0.25) is 0 Å². The molecule has 20 heavy (non-hydrogen) atoms. The van der Waals surface area contributed by atoms with Crippen molar-refractivity contribution in [3.05, 3.63) is 30.1 Å². The summed E-state index contributed by atoms with van der Waals surface area (Å²) in [5, 5.41) is 11.2. The Bertz CT molecular complexity index is 449. The summed E-state index contributed by atoms with van der Waals surface area (Å²) in [6.45, 7) is -0.127. The number of hydrogen-bond donors (Lipinski definition) is 2. The number of aliphatic carboxylic acids is 1. The van der Waals surface area contributed by atoms with Crippen molar-refractivity contribution in [3.63, 3.8) is 0 Å². The van der Waals surface area contributed by atoms with Crippen molar-refractivity contribution in [2.75, 3.05) is 20.3 Å². The average Bonchev–Trinajstić information content (AvgIpc) is 2.42. The van der Waals surface area contributed by atoms with Crippen molar-refractivity contribution in [2.24, 2.45) is 0 Å². The minimum Gasteiger partial charge on any atom is -0.484 e. The topological polar surface area (TPSA) is 84.9 Å². The van der Waals surface area contributed by atoms with Crippen molar-refractivity contribution < 1.29 is 28.6 Å². The molecule has 1 aromatic carbocycles. The fourth-order valence-corrected chi connectivity index (χ4v) is 1.41. The molecule has 1 amide bonds. The SMILES string of the molecule is COCCC(NC(=O)COc1ccc(F)cc1)C(=O)O. The summed E-state index contributed by atoms with van der Waals surface area (Å²) in [5.41, 5.74) is 0. The van der Waals surface area contributed by atoms with E-state index in [1.807, 2.05) is 0 Å². The van der Waals surface area contributed by atoms with E-state index in [-0.39, 0.29) is 19.6 Å². The highest BCUT2D eigenvalue weighted by molar-refractivity contribution is 5.84. The number of carboxylic acid groups (broad SMARTS) is 1. The molecule has 1 rings (SSSR count). The lowest BCUT2D eigenvalue weighted by Crippen LogP contribution is -2.43. The van der Waals surface area contributed by atoms with Gasteiger partial charge in [0.05, 0.1) is 0 Å². The third-order valence-electron chi connectivity index (χ3n) is 2.43. The lowest BCUT2D eigenvalue weighted by atomic mass is 10.2. The number of ether oxygens (including phenoxy) is 2. The summed E-state index contributed by atoms with van der Waals surface area (Å²) in [4.78, 5) is 22.4. The molecule has 0 aliphatic heterocycles. The number of benzene rings is 1. The van der Waals surface area contributed by atoms with Gasteiger partial charge in [-0.05, 0) is 24.3 Å². The van der Waals surface area contributed by atoms with Crippen LogP contribution >= 0.6 is 0 Å². The maximum Gasteiger partial charge on any atom is 0.326 e. The fraction of sp³-hybridized carbons (Fsp3) is 0.385. The van der Waals surface area contributed by atoms with Crippen LogP contribution in [0, 0.1) is 5.82 Å². The van der Waals surface area contributed by atoms with Gasteiger partial charge in [-0.25, -0.2) is 9.18 Å². The van der Waals surface area contributed by atoms with Crippen LogP contribution in [-0.2, 0) is 14.3 Å². The van der Waals surface area contributed by atoms with E-state index in [1.165, 1.54) is 31.4 Å². The molecule has 1 atom stereocenters. The van der Waals surface area contributed by atoms with Crippen molar-refractivity contribution >= 4 is 11.9 Å². The van der Waals surface area contributed by atoms with Crippen LogP contribution in [0.1, 0.15) is 6.42 Å². The minimum absolute atomic E-state index is 0.161. The number of carboxylic acids is 1. The van der Waals surface area contributed by atoms with Crippen LogP contribution in [0.15, 0.2) is 24.3 Å². The predicted molar refractivity (Wildman–Crippen MR) is 68.0 cm³/mol. The van der Waals surface area contributed by atoms with Crippen LogP contribution in [0.5, 0.6) is 5.75 Å². The van der Waals surface area contributed by atoms with Gasteiger partial charge in [-0.1, -0.05) is 0 Å². The lowest BCUT2D eigenvalue weighted by Gasteiger charge is -2.14. The minimum atomic E-state index is -1.14. The van der Waals surface area contributed by atoms with Gasteiger partial charge in [-0.15, -0.1) is 0 Å². The Morgan fingerprint density at radius 1 is 1.35 bits per heavy atom. The number of carbonyl (C=O) groups is 2. The van der Waals surface area contributed by atoms with Crippen LogP contribution in [0.25, 0.3) is 0 Å². The Morgan fingerprint density at radius 2 is 2.00 bits per heavy atom. The van der Waals surface area contributed by atoms with E-state index in [4.69, 9.17) is 14.6 Å². The van der Waals surface area contributed by atoms with Gasteiger partial charge >= 0.3 is 5.97 Å². The molecule has 1 unspecified atom stereocenters. The van der Waals surface area contributed by atoms with Gasteiger partial charge in [0.25, 0.3) is 5.91 Å². The molecule has 0 aromatic heterocycles.